The summed E-state index contributed by atoms with van der Waals surface area (Å²) >= 11 is 6.34. The van der Waals surface area contributed by atoms with Gasteiger partial charge in [-0.1, -0.05) is 17.7 Å². The Morgan fingerprint density at radius 1 is 1.41 bits per heavy atom. The fraction of sp³-hybridized carbons (Fsp3) is 0.667. The van der Waals surface area contributed by atoms with Crippen molar-refractivity contribution < 1.29 is 4.74 Å². The molecule has 1 atom stereocenters. The highest BCUT2D eigenvalue weighted by atomic mass is 35.5. The maximum atomic E-state index is 6.34. The summed E-state index contributed by atoms with van der Waals surface area (Å²) < 4.78 is 5.78. The van der Waals surface area contributed by atoms with Crippen molar-refractivity contribution in [2.75, 3.05) is 26.2 Å². The van der Waals surface area contributed by atoms with Crippen LogP contribution in [0.1, 0.15) is 38.2 Å². The SMILES string of the molecule is C[C@@]1(N)CCCN(CCc2ccc(OCC3CC3)c(Cl)c2)C1. The van der Waals surface area contributed by atoms with E-state index >= 15 is 0 Å². The lowest BCUT2D eigenvalue weighted by Gasteiger charge is -2.37. The van der Waals surface area contributed by atoms with Crippen LogP contribution >= 0.6 is 11.6 Å². The molecule has 0 amide bonds. The number of piperidine rings is 1. The van der Waals surface area contributed by atoms with Crippen LogP contribution in [0.3, 0.4) is 0 Å². The molecule has 0 spiro atoms. The number of likely N-dealkylation sites (tertiary alicyclic amines) is 1. The number of rotatable bonds is 6. The van der Waals surface area contributed by atoms with Gasteiger partial charge in [0.2, 0.25) is 0 Å². The van der Waals surface area contributed by atoms with Crippen molar-refractivity contribution in [2.24, 2.45) is 11.7 Å². The molecule has 0 aromatic heterocycles. The van der Waals surface area contributed by atoms with Gasteiger partial charge in [-0.25, -0.2) is 0 Å². The smallest absolute Gasteiger partial charge is 0.137 e. The zero-order valence-electron chi connectivity index (χ0n) is 13.5. The third-order valence-electron chi connectivity index (χ3n) is 4.69. The second-order valence-electron chi connectivity index (χ2n) is 7.30. The molecule has 2 aliphatic rings. The Bertz CT molecular complexity index is 514. The summed E-state index contributed by atoms with van der Waals surface area (Å²) in [6.07, 6.45) is 5.93. The van der Waals surface area contributed by atoms with Crippen LogP contribution in [0.5, 0.6) is 5.75 Å². The average molecular weight is 323 g/mol. The molecule has 122 valence electrons. The quantitative estimate of drug-likeness (QED) is 0.871. The lowest BCUT2D eigenvalue weighted by molar-refractivity contribution is 0.162. The largest absolute Gasteiger partial charge is 0.492 e. The Hall–Kier alpha value is -0.770. The van der Waals surface area contributed by atoms with Gasteiger partial charge in [-0.3, -0.25) is 0 Å². The topological polar surface area (TPSA) is 38.5 Å². The van der Waals surface area contributed by atoms with Crippen molar-refractivity contribution in [3.63, 3.8) is 0 Å². The lowest BCUT2D eigenvalue weighted by atomic mass is 9.92. The summed E-state index contributed by atoms with van der Waals surface area (Å²) in [5, 5.41) is 0.737. The Morgan fingerprint density at radius 2 is 2.23 bits per heavy atom. The van der Waals surface area contributed by atoms with Gasteiger partial charge in [-0.2, -0.15) is 0 Å². The van der Waals surface area contributed by atoms with E-state index in [1.807, 2.05) is 6.07 Å². The maximum Gasteiger partial charge on any atom is 0.137 e. The van der Waals surface area contributed by atoms with Crippen LogP contribution in [0, 0.1) is 5.92 Å². The van der Waals surface area contributed by atoms with E-state index in [1.165, 1.54) is 24.8 Å². The number of halogens is 1. The standard InChI is InChI=1S/C18H27ClN2O/c1-18(20)8-2-9-21(13-18)10-7-14-5-6-17(16(19)11-14)22-12-15-3-4-15/h5-6,11,15H,2-4,7-10,12-13,20H2,1H3/t18-/m1/s1. The highest BCUT2D eigenvalue weighted by molar-refractivity contribution is 6.32. The van der Waals surface area contributed by atoms with E-state index in [4.69, 9.17) is 22.1 Å². The van der Waals surface area contributed by atoms with Gasteiger partial charge in [0.1, 0.15) is 5.75 Å². The van der Waals surface area contributed by atoms with E-state index in [1.54, 1.807) is 0 Å². The lowest BCUT2D eigenvalue weighted by Crippen LogP contribution is -2.52. The summed E-state index contributed by atoms with van der Waals surface area (Å²) in [5.74, 6) is 1.57. The minimum Gasteiger partial charge on any atom is -0.492 e. The first-order chi connectivity index (χ1) is 10.5. The first-order valence-corrected chi connectivity index (χ1v) is 8.82. The van der Waals surface area contributed by atoms with Gasteiger partial charge in [0, 0.05) is 18.6 Å². The molecular weight excluding hydrogens is 296 g/mol. The van der Waals surface area contributed by atoms with Crippen LogP contribution in [0.25, 0.3) is 0 Å². The van der Waals surface area contributed by atoms with Crippen molar-refractivity contribution in [1.29, 1.82) is 0 Å². The van der Waals surface area contributed by atoms with Gasteiger partial charge in [-0.05, 0) is 69.2 Å². The predicted octanol–water partition coefficient (Wildman–Crippen LogP) is 3.48. The molecule has 0 bridgehead atoms. The van der Waals surface area contributed by atoms with E-state index in [-0.39, 0.29) is 5.54 Å². The Balaban J connectivity index is 1.50. The summed E-state index contributed by atoms with van der Waals surface area (Å²) in [4.78, 5) is 2.47. The van der Waals surface area contributed by atoms with Crippen molar-refractivity contribution in [3.8, 4) is 5.75 Å². The highest BCUT2D eigenvalue weighted by Gasteiger charge is 2.26. The summed E-state index contributed by atoms with van der Waals surface area (Å²) in [5.41, 5.74) is 7.50. The summed E-state index contributed by atoms with van der Waals surface area (Å²) in [6, 6.07) is 6.21. The van der Waals surface area contributed by atoms with Gasteiger partial charge in [0.05, 0.1) is 11.6 Å². The van der Waals surface area contributed by atoms with Gasteiger partial charge in [0.25, 0.3) is 0 Å². The molecule has 0 unspecified atom stereocenters. The highest BCUT2D eigenvalue weighted by Crippen LogP contribution is 2.32. The van der Waals surface area contributed by atoms with E-state index < -0.39 is 0 Å². The fourth-order valence-electron chi connectivity index (χ4n) is 3.16. The number of benzene rings is 1. The molecule has 2 N–H and O–H groups in total. The second kappa shape index (κ2) is 6.77. The zero-order chi connectivity index (χ0) is 15.6. The van der Waals surface area contributed by atoms with Crippen molar-refractivity contribution in [2.45, 2.75) is 44.6 Å². The maximum absolute atomic E-state index is 6.34. The molecule has 1 aromatic carbocycles. The van der Waals surface area contributed by atoms with Gasteiger partial charge < -0.3 is 15.4 Å². The fourth-order valence-corrected chi connectivity index (χ4v) is 3.42. The van der Waals surface area contributed by atoms with Gasteiger partial charge in [-0.15, -0.1) is 0 Å². The molecule has 1 aromatic rings. The van der Waals surface area contributed by atoms with Crippen LogP contribution in [0.4, 0.5) is 0 Å². The van der Waals surface area contributed by atoms with E-state index in [0.29, 0.717) is 0 Å². The number of nitrogens with zero attached hydrogens (tertiary/aromatic N) is 1. The van der Waals surface area contributed by atoms with Crippen molar-refractivity contribution >= 4 is 11.6 Å². The summed E-state index contributed by atoms with van der Waals surface area (Å²) in [6.45, 7) is 6.15. The van der Waals surface area contributed by atoms with Gasteiger partial charge >= 0.3 is 0 Å². The van der Waals surface area contributed by atoms with Gasteiger partial charge in [0.15, 0.2) is 0 Å². The summed E-state index contributed by atoms with van der Waals surface area (Å²) in [7, 11) is 0. The number of ether oxygens (including phenoxy) is 1. The molecule has 1 aliphatic carbocycles. The molecule has 1 saturated carbocycles. The molecule has 1 saturated heterocycles. The minimum atomic E-state index is -0.0313. The minimum absolute atomic E-state index is 0.0313. The number of hydrogen-bond acceptors (Lipinski definition) is 3. The molecule has 0 radical (unpaired) electrons. The van der Waals surface area contributed by atoms with Crippen LogP contribution in [0.15, 0.2) is 18.2 Å². The molecule has 1 heterocycles. The average Bonchev–Trinajstić information content (AvgIpc) is 3.27. The number of hydrogen-bond donors (Lipinski definition) is 1. The molecule has 1 aliphatic heterocycles. The van der Waals surface area contributed by atoms with Crippen molar-refractivity contribution in [3.05, 3.63) is 28.8 Å². The normalized spacial score (nSPS) is 26.1. The molecule has 4 heteroatoms. The van der Waals surface area contributed by atoms with Crippen LogP contribution in [-0.2, 0) is 6.42 Å². The third kappa shape index (κ3) is 4.61. The monoisotopic (exact) mass is 322 g/mol. The van der Waals surface area contributed by atoms with Crippen LogP contribution in [0.2, 0.25) is 5.02 Å². The first kappa shape index (κ1) is 16.1. The molecule has 2 fully saturated rings. The second-order valence-corrected chi connectivity index (χ2v) is 7.71. The number of nitrogens with two attached hydrogens (primary N) is 1. The Morgan fingerprint density at radius 3 is 2.91 bits per heavy atom. The third-order valence-corrected chi connectivity index (χ3v) is 4.99. The molecule has 3 nitrogen and oxygen atoms in total. The Labute approximate surface area is 138 Å². The molecular formula is C18H27ClN2O. The molecule has 22 heavy (non-hydrogen) atoms. The first-order valence-electron chi connectivity index (χ1n) is 8.44. The Kier molecular flexibility index (Phi) is 4.96. The zero-order valence-corrected chi connectivity index (χ0v) is 14.2. The molecule has 3 rings (SSSR count). The van der Waals surface area contributed by atoms with E-state index in [9.17, 15) is 0 Å². The van der Waals surface area contributed by atoms with E-state index in [0.717, 1.165) is 55.8 Å². The predicted molar refractivity (Wildman–Crippen MR) is 91.6 cm³/mol. The van der Waals surface area contributed by atoms with Crippen LogP contribution in [-0.4, -0.2) is 36.7 Å². The van der Waals surface area contributed by atoms with E-state index in [2.05, 4.69) is 24.0 Å². The van der Waals surface area contributed by atoms with Crippen LogP contribution < -0.4 is 10.5 Å². The van der Waals surface area contributed by atoms with Crippen molar-refractivity contribution in [1.82, 2.24) is 4.90 Å².